The summed E-state index contributed by atoms with van der Waals surface area (Å²) in [6, 6.07) is 0.242. The predicted octanol–water partition coefficient (Wildman–Crippen LogP) is 1.28. The summed E-state index contributed by atoms with van der Waals surface area (Å²) in [5.41, 5.74) is 2.03. The molecule has 0 saturated carbocycles. The van der Waals surface area contributed by atoms with Gasteiger partial charge in [-0.3, -0.25) is 9.97 Å². The maximum absolute atomic E-state index is 9.47. The molecule has 0 spiro atoms. The molecule has 1 saturated heterocycles. The second kappa shape index (κ2) is 7.67. The number of nitrogens with one attached hydrogen (secondary N) is 1. The lowest BCUT2D eigenvalue weighted by molar-refractivity contribution is 0.0820. The molecule has 0 bridgehead atoms. The summed E-state index contributed by atoms with van der Waals surface area (Å²) in [7, 11) is 0. The molecular weight excluding hydrogens is 252 g/mol. The third-order valence-corrected chi connectivity index (χ3v) is 3.99. The second-order valence-electron chi connectivity index (χ2n) is 5.63. The van der Waals surface area contributed by atoms with Crippen molar-refractivity contribution in [3.8, 4) is 0 Å². The summed E-state index contributed by atoms with van der Waals surface area (Å²) in [6.07, 6.45) is 6.37. The molecule has 1 fully saturated rings. The van der Waals surface area contributed by atoms with Gasteiger partial charge in [-0.05, 0) is 46.2 Å². The van der Waals surface area contributed by atoms with E-state index in [0.717, 1.165) is 56.8 Å². The minimum atomic E-state index is -0.0796. The highest BCUT2D eigenvalue weighted by Gasteiger charge is 2.16. The number of aromatic nitrogens is 2. The molecular formula is C15H26N4O. The van der Waals surface area contributed by atoms with Crippen LogP contribution < -0.4 is 5.32 Å². The number of likely N-dealkylation sites (tertiary alicyclic amines) is 1. The lowest BCUT2D eigenvalue weighted by Gasteiger charge is -2.29. The topological polar surface area (TPSA) is 61.3 Å². The van der Waals surface area contributed by atoms with Crippen LogP contribution in [0, 0.1) is 6.92 Å². The molecule has 112 valence electrons. The number of hydrogen-bond donors (Lipinski definition) is 2. The van der Waals surface area contributed by atoms with Crippen LogP contribution in [0.5, 0.6) is 0 Å². The van der Waals surface area contributed by atoms with E-state index in [9.17, 15) is 5.11 Å². The standard InChI is InChI=1S/C15H26N4O/c1-12(15-13(2)17-7-8-18-15)16-6-3-9-19-10-4-14(20)5-11-19/h7-8,12,14,16,20H,3-6,9-11H2,1-2H3. The fourth-order valence-corrected chi connectivity index (χ4v) is 2.70. The van der Waals surface area contributed by atoms with Crippen molar-refractivity contribution in [1.82, 2.24) is 20.2 Å². The zero-order valence-corrected chi connectivity index (χ0v) is 12.5. The van der Waals surface area contributed by atoms with Crippen LogP contribution in [0.25, 0.3) is 0 Å². The Morgan fingerprint density at radius 1 is 1.35 bits per heavy atom. The number of nitrogens with zero attached hydrogens (tertiary/aromatic N) is 3. The van der Waals surface area contributed by atoms with Crippen LogP contribution in [-0.2, 0) is 0 Å². The van der Waals surface area contributed by atoms with Gasteiger partial charge < -0.3 is 15.3 Å². The molecule has 2 rings (SSSR count). The molecule has 5 nitrogen and oxygen atoms in total. The third kappa shape index (κ3) is 4.51. The number of aliphatic hydroxyl groups is 1. The van der Waals surface area contributed by atoms with Crippen molar-refractivity contribution >= 4 is 0 Å². The first-order valence-electron chi connectivity index (χ1n) is 7.58. The van der Waals surface area contributed by atoms with Crippen LogP contribution in [0.3, 0.4) is 0 Å². The lowest BCUT2D eigenvalue weighted by atomic mass is 10.1. The van der Waals surface area contributed by atoms with Crippen LogP contribution in [0.15, 0.2) is 12.4 Å². The van der Waals surface area contributed by atoms with E-state index in [1.54, 1.807) is 12.4 Å². The Hall–Kier alpha value is -1.04. The third-order valence-electron chi connectivity index (χ3n) is 3.99. The van der Waals surface area contributed by atoms with E-state index in [1.807, 2.05) is 6.92 Å². The molecule has 1 aliphatic rings. The first kappa shape index (κ1) is 15.4. The van der Waals surface area contributed by atoms with Gasteiger partial charge >= 0.3 is 0 Å². The van der Waals surface area contributed by atoms with Gasteiger partial charge in [-0.2, -0.15) is 0 Å². The van der Waals surface area contributed by atoms with Crippen molar-refractivity contribution in [1.29, 1.82) is 0 Å². The summed E-state index contributed by atoms with van der Waals surface area (Å²) in [6.45, 7) is 8.27. The normalized spacial score (nSPS) is 19.1. The first-order valence-corrected chi connectivity index (χ1v) is 7.58. The Bertz CT molecular complexity index is 405. The van der Waals surface area contributed by atoms with E-state index in [-0.39, 0.29) is 12.1 Å². The fraction of sp³-hybridized carbons (Fsp3) is 0.733. The fourth-order valence-electron chi connectivity index (χ4n) is 2.70. The smallest absolute Gasteiger partial charge is 0.0782 e. The van der Waals surface area contributed by atoms with Crippen molar-refractivity contribution in [2.24, 2.45) is 0 Å². The molecule has 1 aliphatic heterocycles. The maximum Gasteiger partial charge on any atom is 0.0782 e. The van der Waals surface area contributed by atoms with Crippen LogP contribution >= 0.6 is 0 Å². The van der Waals surface area contributed by atoms with E-state index in [1.165, 1.54) is 0 Å². The Labute approximate surface area is 121 Å². The first-order chi connectivity index (χ1) is 9.66. The molecule has 1 aromatic rings. The number of piperidine rings is 1. The average molecular weight is 278 g/mol. The quantitative estimate of drug-likeness (QED) is 0.768. The summed E-state index contributed by atoms with van der Waals surface area (Å²) in [5, 5.41) is 13.0. The number of rotatable bonds is 6. The highest BCUT2D eigenvalue weighted by molar-refractivity contribution is 5.12. The van der Waals surface area contributed by atoms with E-state index in [0.29, 0.717) is 0 Å². The van der Waals surface area contributed by atoms with Crippen molar-refractivity contribution in [3.05, 3.63) is 23.8 Å². The Kier molecular flexibility index (Phi) is 5.88. The van der Waals surface area contributed by atoms with Crippen LogP contribution in [0.1, 0.15) is 43.6 Å². The van der Waals surface area contributed by atoms with Gasteiger partial charge in [0.25, 0.3) is 0 Å². The molecule has 0 aromatic carbocycles. The number of hydrogen-bond acceptors (Lipinski definition) is 5. The Morgan fingerprint density at radius 3 is 2.75 bits per heavy atom. The van der Waals surface area contributed by atoms with Crippen molar-refractivity contribution in [3.63, 3.8) is 0 Å². The summed E-state index contributed by atoms with van der Waals surface area (Å²) in [4.78, 5) is 11.1. The van der Waals surface area contributed by atoms with Gasteiger partial charge in [-0.25, -0.2) is 0 Å². The lowest BCUT2D eigenvalue weighted by Crippen LogP contribution is -2.37. The predicted molar refractivity (Wildman–Crippen MR) is 79.5 cm³/mol. The molecule has 1 aromatic heterocycles. The molecule has 20 heavy (non-hydrogen) atoms. The molecule has 0 radical (unpaired) electrons. The zero-order valence-electron chi connectivity index (χ0n) is 12.5. The zero-order chi connectivity index (χ0) is 14.4. The van der Waals surface area contributed by atoms with Gasteiger partial charge in [0, 0.05) is 31.5 Å². The van der Waals surface area contributed by atoms with Crippen molar-refractivity contribution in [2.75, 3.05) is 26.2 Å². The highest BCUT2D eigenvalue weighted by atomic mass is 16.3. The maximum atomic E-state index is 9.47. The summed E-state index contributed by atoms with van der Waals surface area (Å²) >= 11 is 0. The highest BCUT2D eigenvalue weighted by Crippen LogP contribution is 2.12. The minimum Gasteiger partial charge on any atom is -0.393 e. The van der Waals surface area contributed by atoms with E-state index in [2.05, 4.69) is 27.1 Å². The molecule has 2 N–H and O–H groups in total. The molecule has 1 unspecified atom stereocenters. The number of aliphatic hydroxyl groups excluding tert-OH is 1. The minimum absolute atomic E-state index is 0.0796. The molecule has 2 heterocycles. The van der Waals surface area contributed by atoms with Crippen molar-refractivity contribution < 1.29 is 5.11 Å². The second-order valence-corrected chi connectivity index (χ2v) is 5.63. The number of aryl methyl sites for hydroxylation is 1. The molecule has 5 heteroatoms. The van der Waals surface area contributed by atoms with Gasteiger partial charge in [0.2, 0.25) is 0 Å². The van der Waals surface area contributed by atoms with Gasteiger partial charge in [-0.15, -0.1) is 0 Å². The Morgan fingerprint density at radius 2 is 2.05 bits per heavy atom. The van der Waals surface area contributed by atoms with Crippen LogP contribution in [0.2, 0.25) is 0 Å². The largest absolute Gasteiger partial charge is 0.393 e. The van der Waals surface area contributed by atoms with Crippen LogP contribution in [0.4, 0.5) is 0 Å². The van der Waals surface area contributed by atoms with Gasteiger partial charge in [0.05, 0.1) is 17.5 Å². The molecule has 0 amide bonds. The van der Waals surface area contributed by atoms with Gasteiger partial charge in [-0.1, -0.05) is 0 Å². The van der Waals surface area contributed by atoms with Gasteiger partial charge in [0.1, 0.15) is 0 Å². The van der Waals surface area contributed by atoms with E-state index < -0.39 is 0 Å². The monoisotopic (exact) mass is 278 g/mol. The summed E-state index contributed by atoms with van der Waals surface area (Å²) in [5.74, 6) is 0. The van der Waals surface area contributed by atoms with Crippen LogP contribution in [-0.4, -0.2) is 52.3 Å². The average Bonchev–Trinajstić information content (AvgIpc) is 2.46. The van der Waals surface area contributed by atoms with E-state index >= 15 is 0 Å². The molecule has 0 aliphatic carbocycles. The SMILES string of the molecule is Cc1nccnc1C(C)NCCCN1CCC(O)CC1. The Balaban J connectivity index is 1.65. The van der Waals surface area contributed by atoms with Crippen molar-refractivity contribution in [2.45, 2.75) is 45.3 Å². The summed E-state index contributed by atoms with van der Waals surface area (Å²) < 4.78 is 0. The van der Waals surface area contributed by atoms with Gasteiger partial charge in [0.15, 0.2) is 0 Å². The van der Waals surface area contributed by atoms with E-state index in [4.69, 9.17) is 0 Å². The molecule has 1 atom stereocenters.